The lowest BCUT2D eigenvalue weighted by atomic mass is 10.1. The van der Waals surface area contributed by atoms with E-state index in [2.05, 4.69) is 10.2 Å². The summed E-state index contributed by atoms with van der Waals surface area (Å²) in [5.41, 5.74) is 8.06. The number of hydrogen-bond acceptors (Lipinski definition) is 5. The fourth-order valence-corrected chi connectivity index (χ4v) is 2.03. The molecular formula is C14H23N5O. The van der Waals surface area contributed by atoms with Gasteiger partial charge in [-0.25, -0.2) is 0 Å². The van der Waals surface area contributed by atoms with Crippen molar-refractivity contribution in [2.45, 2.75) is 26.7 Å². The van der Waals surface area contributed by atoms with Gasteiger partial charge in [0.25, 0.3) is 0 Å². The molecule has 0 bridgehead atoms. The van der Waals surface area contributed by atoms with E-state index in [4.69, 9.17) is 15.9 Å². The number of nitrogens with zero attached hydrogens (tertiary/aromatic N) is 3. The number of ether oxygens (including phenoxy) is 1. The average molecular weight is 277 g/mol. The number of nitrogens with two attached hydrogens (primary N) is 1. The molecule has 1 fully saturated rings. The second-order valence-electron chi connectivity index (χ2n) is 5.46. The summed E-state index contributed by atoms with van der Waals surface area (Å²) in [5.74, 6) is 1.45. The highest BCUT2D eigenvalue weighted by Gasteiger charge is 2.21. The van der Waals surface area contributed by atoms with E-state index < -0.39 is 0 Å². The maximum Gasteiger partial charge on any atom is 0.162 e. The molecule has 0 radical (unpaired) electrons. The standard InChI is InChI=1S/C14H23N5O/c1-9-10(2)17-18-14(12(9)13(15)16)19(3)6-7-20-8-11-4-5-11/h11H,4-8H2,1-3H3,(H3,15,16). The number of rotatable bonds is 7. The fraction of sp³-hybridized carbons (Fsp3) is 0.643. The van der Waals surface area contributed by atoms with E-state index in [1.807, 2.05) is 25.8 Å². The molecule has 20 heavy (non-hydrogen) atoms. The van der Waals surface area contributed by atoms with Gasteiger partial charge in [-0.2, -0.15) is 5.10 Å². The largest absolute Gasteiger partial charge is 0.384 e. The van der Waals surface area contributed by atoms with Crippen LogP contribution in [0.25, 0.3) is 0 Å². The third-order valence-corrected chi connectivity index (χ3v) is 3.69. The fourth-order valence-electron chi connectivity index (χ4n) is 2.03. The molecule has 1 aliphatic rings. The summed E-state index contributed by atoms with van der Waals surface area (Å²) in [5, 5.41) is 16.0. The summed E-state index contributed by atoms with van der Waals surface area (Å²) in [7, 11) is 1.92. The molecule has 0 saturated heterocycles. The predicted molar refractivity (Wildman–Crippen MR) is 79.3 cm³/mol. The van der Waals surface area contributed by atoms with Crippen LogP contribution in [-0.4, -0.2) is 42.8 Å². The average Bonchev–Trinajstić information content (AvgIpc) is 3.21. The van der Waals surface area contributed by atoms with E-state index >= 15 is 0 Å². The van der Waals surface area contributed by atoms with Crippen molar-refractivity contribution in [3.8, 4) is 0 Å². The second-order valence-corrected chi connectivity index (χ2v) is 5.46. The van der Waals surface area contributed by atoms with Gasteiger partial charge in [0.2, 0.25) is 0 Å². The molecule has 1 aliphatic carbocycles. The number of hydrogen-bond donors (Lipinski definition) is 2. The summed E-state index contributed by atoms with van der Waals surface area (Å²) in [6.07, 6.45) is 2.60. The van der Waals surface area contributed by atoms with Crippen molar-refractivity contribution in [1.29, 1.82) is 5.41 Å². The van der Waals surface area contributed by atoms with Crippen LogP contribution in [-0.2, 0) is 4.74 Å². The Labute approximate surface area is 119 Å². The van der Waals surface area contributed by atoms with Gasteiger partial charge in [-0.15, -0.1) is 5.10 Å². The van der Waals surface area contributed by atoms with Gasteiger partial charge >= 0.3 is 0 Å². The van der Waals surface area contributed by atoms with Crippen LogP contribution in [0.3, 0.4) is 0 Å². The number of likely N-dealkylation sites (N-methyl/N-ethyl adjacent to an activating group) is 1. The number of nitrogen functional groups attached to an aromatic ring is 1. The van der Waals surface area contributed by atoms with E-state index in [9.17, 15) is 0 Å². The highest BCUT2D eigenvalue weighted by atomic mass is 16.5. The first-order valence-electron chi connectivity index (χ1n) is 6.98. The molecule has 3 N–H and O–H groups in total. The van der Waals surface area contributed by atoms with Gasteiger partial charge in [-0.3, -0.25) is 5.41 Å². The predicted octanol–water partition coefficient (Wildman–Crippen LogP) is 1.24. The molecule has 6 heteroatoms. The molecular weight excluding hydrogens is 254 g/mol. The first kappa shape index (κ1) is 14.7. The highest BCUT2D eigenvalue weighted by molar-refractivity contribution is 6.01. The van der Waals surface area contributed by atoms with Crippen LogP contribution in [0.2, 0.25) is 0 Å². The van der Waals surface area contributed by atoms with Crippen molar-refractivity contribution in [2.24, 2.45) is 11.7 Å². The van der Waals surface area contributed by atoms with Gasteiger partial charge in [0.15, 0.2) is 5.82 Å². The molecule has 110 valence electrons. The molecule has 2 rings (SSSR count). The minimum Gasteiger partial charge on any atom is -0.384 e. The van der Waals surface area contributed by atoms with Gasteiger partial charge in [0.05, 0.1) is 17.9 Å². The van der Waals surface area contributed by atoms with E-state index in [-0.39, 0.29) is 5.84 Å². The lowest BCUT2D eigenvalue weighted by Gasteiger charge is -2.21. The van der Waals surface area contributed by atoms with Crippen LogP contribution in [0.4, 0.5) is 5.82 Å². The second kappa shape index (κ2) is 6.17. The molecule has 0 unspecified atom stereocenters. The Morgan fingerprint density at radius 2 is 2.10 bits per heavy atom. The Morgan fingerprint density at radius 1 is 1.40 bits per heavy atom. The number of aromatic nitrogens is 2. The zero-order valence-corrected chi connectivity index (χ0v) is 12.4. The Bertz CT molecular complexity index is 499. The molecule has 1 heterocycles. The molecule has 0 atom stereocenters. The summed E-state index contributed by atoms with van der Waals surface area (Å²) < 4.78 is 5.63. The molecule has 0 aromatic carbocycles. The van der Waals surface area contributed by atoms with Gasteiger partial charge in [-0.05, 0) is 38.2 Å². The van der Waals surface area contributed by atoms with Crippen molar-refractivity contribution < 1.29 is 4.74 Å². The van der Waals surface area contributed by atoms with Gasteiger partial charge < -0.3 is 15.4 Å². The first-order chi connectivity index (χ1) is 9.50. The van der Waals surface area contributed by atoms with Crippen molar-refractivity contribution in [2.75, 3.05) is 31.7 Å². The van der Waals surface area contributed by atoms with Crippen LogP contribution in [0, 0.1) is 25.2 Å². The van der Waals surface area contributed by atoms with Crippen molar-refractivity contribution >= 4 is 11.7 Å². The Hall–Kier alpha value is -1.69. The van der Waals surface area contributed by atoms with Crippen LogP contribution >= 0.6 is 0 Å². The van der Waals surface area contributed by atoms with E-state index in [0.717, 1.165) is 23.8 Å². The first-order valence-corrected chi connectivity index (χ1v) is 6.98. The normalized spacial score (nSPS) is 14.3. The SMILES string of the molecule is Cc1nnc(N(C)CCOCC2CC2)c(C(=N)N)c1C. The molecule has 0 amide bonds. The zero-order chi connectivity index (χ0) is 14.7. The minimum atomic E-state index is 0.0289. The van der Waals surface area contributed by atoms with Crippen molar-refractivity contribution in [1.82, 2.24) is 10.2 Å². The van der Waals surface area contributed by atoms with Crippen LogP contribution < -0.4 is 10.6 Å². The lowest BCUT2D eigenvalue weighted by molar-refractivity contribution is 0.130. The maximum atomic E-state index is 7.74. The van der Waals surface area contributed by atoms with Crippen molar-refractivity contribution in [3.05, 3.63) is 16.8 Å². The molecule has 1 aromatic heterocycles. The highest BCUT2D eigenvalue weighted by Crippen LogP contribution is 2.28. The monoisotopic (exact) mass is 277 g/mol. The molecule has 0 aliphatic heterocycles. The van der Waals surface area contributed by atoms with Crippen LogP contribution in [0.5, 0.6) is 0 Å². The molecule has 1 aromatic rings. The lowest BCUT2D eigenvalue weighted by Crippen LogP contribution is -2.28. The smallest absolute Gasteiger partial charge is 0.162 e. The van der Waals surface area contributed by atoms with E-state index in [1.165, 1.54) is 12.8 Å². The number of aryl methyl sites for hydroxylation is 1. The molecule has 0 spiro atoms. The van der Waals surface area contributed by atoms with Gasteiger partial charge in [0.1, 0.15) is 5.84 Å². The Morgan fingerprint density at radius 3 is 2.70 bits per heavy atom. The number of amidine groups is 1. The number of nitrogens with one attached hydrogen (secondary N) is 1. The van der Waals surface area contributed by atoms with Crippen molar-refractivity contribution in [3.63, 3.8) is 0 Å². The third kappa shape index (κ3) is 3.45. The summed E-state index contributed by atoms with van der Waals surface area (Å²) in [6, 6.07) is 0. The third-order valence-electron chi connectivity index (χ3n) is 3.69. The molecule has 6 nitrogen and oxygen atoms in total. The quantitative estimate of drug-likeness (QED) is 0.445. The van der Waals surface area contributed by atoms with E-state index in [0.29, 0.717) is 24.5 Å². The van der Waals surface area contributed by atoms with Gasteiger partial charge in [-0.1, -0.05) is 0 Å². The summed E-state index contributed by atoms with van der Waals surface area (Å²) in [4.78, 5) is 1.95. The van der Waals surface area contributed by atoms with Crippen LogP contribution in [0.15, 0.2) is 0 Å². The van der Waals surface area contributed by atoms with Gasteiger partial charge in [0, 0.05) is 20.2 Å². The summed E-state index contributed by atoms with van der Waals surface area (Å²) >= 11 is 0. The minimum absolute atomic E-state index is 0.0289. The number of anilines is 1. The zero-order valence-electron chi connectivity index (χ0n) is 12.4. The Balaban J connectivity index is 2.02. The summed E-state index contributed by atoms with van der Waals surface area (Å²) in [6.45, 7) is 6.01. The maximum absolute atomic E-state index is 7.74. The molecule has 1 saturated carbocycles. The van der Waals surface area contributed by atoms with E-state index in [1.54, 1.807) is 0 Å². The topological polar surface area (TPSA) is 88.1 Å². The Kier molecular flexibility index (Phi) is 4.54. The van der Waals surface area contributed by atoms with Crippen LogP contribution in [0.1, 0.15) is 29.7 Å².